The van der Waals surface area contributed by atoms with Crippen LogP contribution >= 0.6 is 12.2 Å². The van der Waals surface area contributed by atoms with Gasteiger partial charge in [-0.05, 0) is 31.5 Å². The molecule has 1 aliphatic rings. The van der Waals surface area contributed by atoms with Gasteiger partial charge in [0.25, 0.3) is 0 Å². The zero-order chi connectivity index (χ0) is 11.1. The number of likely N-dealkylation sites (tertiary alicyclic amines) is 1. The molecule has 1 N–H and O–H groups in total. The van der Waals surface area contributed by atoms with Gasteiger partial charge in [0, 0.05) is 19.1 Å². The molecule has 0 aromatic carbocycles. The van der Waals surface area contributed by atoms with Gasteiger partial charge in [-0.15, -0.1) is 6.58 Å². The number of hydrogen-bond donors (Lipinski definition) is 1. The SMILES string of the molecule is C=CCNC(=S)N1CCCCCC1CC. The lowest BCUT2D eigenvalue weighted by atomic mass is 10.1. The number of rotatable bonds is 3. The van der Waals surface area contributed by atoms with Crippen molar-refractivity contribution in [2.24, 2.45) is 0 Å². The second-order valence-corrected chi connectivity index (χ2v) is 4.47. The molecule has 0 aromatic rings. The fraction of sp³-hybridized carbons (Fsp3) is 0.750. The third-order valence-electron chi connectivity index (χ3n) is 3.01. The largest absolute Gasteiger partial charge is 0.359 e. The van der Waals surface area contributed by atoms with E-state index >= 15 is 0 Å². The third-order valence-corrected chi connectivity index (χ3v) is 3.39. The summed E-state index contributed by atoms with van der Waals surface area (Å²) in [5.41, 5.74) is 0. The highest BCUT2D eigenvalue weighted by atomic mass is 32.1. The predicted octanol–water partition coefficient (Wildman–Crippen LogP) is 2.70. The highest BCUT2D eigenvalue weighted by Crippen LogP contribution is 2.19. The van der Waals surface area contributed by atoms with Crippen LogP contribution < -0.4 is 5.32 Å². The molecule has 0 radical (unpaired) electrons. The van der Waals surface area contributed by atoms with Crippen molar-refractivity contribution in [3.05, 3.63) is 12.7 Å². The molecule has 1 atom stereocenters. The van der Waals surface area contributed by atoms with E-state index in [1.165, 1.54) is 32.1 Å². The Morgan fingerprint density at radius 1 is 1.53 bits per heavy atom. The average molecular weight is 226 g/mol. The normalized spacial score (nSPS) is 21.9. The van der Waals surface area contributed by atoms with Gasteiger partial charge in [-0.1, -0.05) is 25.8 Å². The van der Waals surface area contributed by atoms with Crippen LogP contribution in [0.1, 0.15) is 39.0 Å². The first-order valence-corrected chi connectivity index (χ1v) is 6.35. The zero-order valence-corrected chi connectivity index (χ0v) is 10.5. The molecule has 1 rings (SSSR count). The summed E-state index contributed by atoms with van der Waals surface area (Å²) in [6, 6.07) is 0.636. The zero-order valence-electron chi connectivity index (χ0n) is 9.67. The average Bonchev–Trinajstić information content (AvgIpc) is 2.50. The molecule has 0 bridgehead atoms. The van der Waals surface area contributed by atoms with Crippen molar-refractivity contribution in [2.75, 3.05) is 13.1 Å². The molecule has 0 spiro atoms. The standard InChI is InChI=1S/C12H22N2S/c1-3-9-13-12(15)14-10-7-5-6-8-11(14)4-2/h3,11H,1,4-10H2,2H3,(H,13,15). The second-order valence-electron chi connectivity index (χ2n) is 4.08. The maximum Gasteiger partial charge on any atom is 0.169 e. The maximum atomic E-state index is 5.41. The molecule has 1 unspecified atom stereocenters. The minimum absolute atomic E-state index is 0.636. The van der Waals surface area contributed by atoms with Gasteiger partial charge < -0.3 is 10.2 Å². The monoisotopic (exact) mass is 226 g/mol. The lowest BCUT2D eigenvalue weighted by Crippen LogP contribution is -2.45. The number of thiocarbonyl (C=S) groups is 1. The minimum Gasteiger partial charge on any atom is -0.359 e. The van der Waals surface area contributed by atoms with Crippen molar-refractivity contribution >= 4 is 17.3 Å². The Bertz CT molecular complexity index is 216. The van der Waals surface area contributed by atoms with Crippen molar-refractivity contribution in [3.8, 4) is 0 Å². The van der Waals surface area contributed by atoms with E-state index in [2.05, 4.69) is 23.7 Å². The van der Waals surface area contributed by atoms with Crippen LogP contribution in [0.5, 0.6) is 0 Å². The molecule has 0 aromatic heterocycles. The van der Waals surface area contributed by atoms with Crippen LogP contribution in [0.15, 0.2) is 12.7 Å². The summed E-state index contributed by atoms with van der Waals surface area (Å²) < 4.78 is 0. The van der Waals surface area contributed by atoms with Crippen LogP contribution in [0, 0.1) is 0 Å². The molecule has 0 aliphatic carbocycles. The Hall–Kier alpha value is -0.570. The minimum atomic E-state index is 0.636. The predicted molar refractivity (Wildman–Crippen MR) is 70.1 cm³/mol. The Kier molecular flexibility index (Phi) is 5.69. The molecule has 1 fully saturated rings. The van der Waals surface area contributed by atoms with Gasteiger partial charge in [-0.3, -0.25) is 0 Å². The van der Waals surface area contributed by atoms with Gasteiger partial charge in [0.1, 0.15) is 0 Å². The van der Waals surface area contributed by atoms with E-state index in [1.807, 2.05) is 6.08 Å². The van der Waals surface area contributed by atoms with Crippen LogP contribution in [0.2, 0.25) is 0 Å². The van der Waals surface area contributed by atoms with Crippen LogP contribution in [0.4, 0.5) is 0 Å². The highest BCUT2D eigenvalue weighted by Gasteiger charge is 2.20. The van der Waals surface area contributed by atoms with Crippen LogP contribution in [-0.4, -0.2) is 29.1 Å². The molecular formula is C12H22N2S. The number of hydrogen-bond acceptors (Lipinski definition) is 1. The van der Waals surface area contributed by atoms with E-state index in [0.29, 0.717) is 6.04 Å². The molecule has 1 heterocycles. The summed E-state index contributed by atoms with van der Waals surface area (Å²) in [5, 5.41) is 4.14. The molecule has 2 nitrogen and oxygen atoms in total. The van der Waals surface area contributed by atoms with Crippen LogP contribution in [0.25, 0.3) is 0 Å². The lowest BCUT2D eigenvalue weighted by molar-refractivity contribution is 0.304. The van der Waals surface area contributed by atoms with E-state index in [9.17, 15) is 0 Å². The summed E-state index contributed by atoms with van der Waals surface area (Å²) in [4.78, 5) is 2.37. The first-order chi connectivity index (χ1) is 7.29. The number of nitrogens with one attached hydrogen (secondary N) is 1. The summed E-state index contributed by atoms with van der Waals surface area (Å²) in [6.45, 7) is 7.83. The van der Waals surface area contributed by atoms with Crippen molar-refractivity contribution in [3.63, 3.8) is 0 Å². The second kappa shape index (κ2) is 6.83. The van der Waals surface area contributed by atoms with Gasteiger partial charge in [-0.25, -0.2) is 0 Å². The van der Waals surface area contributed by atoms with Crippen molar-refractivity contribution in [2.45, 2.75) is 45.1 Å². The van der Waals surface area contributed by atoms with E-state index in [4.69, 9.17) is 12.2 Å². The maximum absolute atomic E-state index is 5.41. The van der Waals surface area contributed by atoms with Crippen molar-refractivity contribution < 1.29 is 0 Å². The van der Waals surface area contributed by atoms with Gasteiger partial charge in [0.2, 0.25) is 0 Å². The summed E-state index contributed by atoms with van der Waals surface area (Å²) in [7, 11) is 0. The smallest absolute Gasteiger partial charge is 0.169 e. The van der Waals surface area contributed by atoms with E-state index in [1.54, 1.807) is 0 Å². The Balaban J connectivity index is 2.53. The van der Waals surface area contributed by atoms with Gasteiger partial charge >= 0.3 is 0 Å². The quantitative estimate of drug-likeness (QED) is 0.588. The fourth-order valence-electron chi connectivity index (χ4n) is 2.13. The Labute approximate surface area is 98.7 Å². The van der Waals surface area contributed by atoms with Gasteiger partial charge in [0.05, 0.1) is 0 Å². The Morgan fingerprint density at radius 3 is 3.00 bits per heavy atom. The third kappa shape index (κ3) is 3.82. The van der Waals surface area contributed by atoms with Crippen molar-refractivity contribution in [1.29, 1.82) is 0 Å². The van der Waals surface area contributed by atoms with Crippen molar-refractivity contribution in [1.82, 2.24) is 10.2 Å². The topological polar surface area (TPSA) is 15.3 Å². The Morgan fingerprint density at radius 2 is 2.33 bits per heavy atom. The van der Waals surface area contributed by atoms with Crippen LogP contribution in [0.3, 0.4) is 0 Å². The number of nitrogens with zero attached hydrogens (tertiary/aromatic N) is 1. The lowest BCUT2D eigenvalue weighted by Gasteiger charge is -2.31. The molecule has 15 heavy (non-hydrogen) atoms. The first kappa shape index (κ1) is 12.5. The van der Waals surface area contributed by atoms with E-state index in [-0.39, 0.29) is 0 Å². The summed E-state index contributed by atoms with van der Waals surface area (Å²) >= 11 is 5.41. The summed E-state index contributed by atoms with van der Waals surface area (Å²) in [6.07, 6.45) is 8.29. The first-order valence-electron chi connectivity index (χ1n) is 5.95. The van der Waals surface area contributed by atoms with E-state index < -0.39 is 0 Å². The molecule has 0 saturated carbocycles. The molecule has 1 aliphatic heterocycles. The highest BCUT2D eigenvalue weighted by molar-refractivity contribution is 7.80. The van der Waals surface area contributed by atoms with Gasteiger partial charge in [0.15, 0.2) is 5.11 Å². The molecule has 1 saturated heterocycles. The van der Waals surface area contributed by atoms with Gasteiger partial charge in [-0.2, -0.15) is 0 Å². The van der Waals surface area contributed by atoms with Crippen LogP contribution in [-0.2, 0) is 0 Å². The molecule has 3 heteroatoms. The summed E-state index contributed by atoms with van der Waals surface area (Å²) in [5.74, 6) is 0. The molecule has 86 valence electrons. The van der Waals surface area contributed by atoms with E-state index in [0.717, 1.165) is 18.2 Å². The molecular weight excluding hydrogens is 204 g/mol. The fourth-order valence-corrected chi connectivity index (χ4v) is 2.45. The molecule has 0 amide bonds.